The Morgan fingerprint density at radius 3 is 2.93 bits per heavy atom. The van der Waals surface area contributed by atoms with Gasteiger partial charge in [0.2, 0.25) is 0 Å². The van der Waals surface area contributed by atoms with Crippen LogP contribution in [0.2, 0.25) is 5.02 Å². The molecule has 0 aliphatic carbocycles. The monoisotopic (exact) mass is 403 g/mol. The van der Waals surface area contributed by atoms with Crippen molar-refractivity contribution < 1.29 is 9.18 Å². The molecule has 148 valence electrons. The Bertz CT molecular complexity index is 904. The fourth-order valence-corrected chi connectivity index (χ4v) is 3.34. The largest absolute Gasteiger partial charge is 0.356 e. The second-order valence-corrected chi connectivity index (χ2v) is 7.34. The summed E-state index contributed by atoms with van der Waals surface area (Å²) in [7, 11) is 0. The molecule has 3 rings (SSSR count). The molecule has 2 aromatic rings. The van der Waals surface area contributed by atoms with Crippen LogP contribution in [-0.4, -0.2) is 35.5 Å². The lowest BCUT2D eigenvalue weighted by atomic mass is 10.1. The highest BCUT2D eigenvalue weighted by Gasteiger charge is 2.25. The average molecular weight is 404 g/mol. The number of nitrogens with one attached hydrogen (secondary N) is 1. The van der Waals surface area contributed by atoms with Crippen LogP contribution < -0.4 is 16.0 Å². The molecule has 1 aromatic heterocycles. The molecule has 1 aliphatic heterocycles. The van der Waals surface area contributed by atoms with E-state index >= 15 is 0 Å². The van der Waals surface area contributed by atoms with Crippen LogP contribution in [0.15, 0.2) is 36.8 Å². The molecule has 1 saturated heterocycles. The Hall–Kier alpha value is -2.51. The fraction of sp³-hybridized carbons (Fsp3) is 0.350. The van der Waals surface area contributed by atoms with E-state index in [2.05, 4.69) is 21.8 Å². The Balaban J connectivity index is 1.94. The normalized spacial score (nSPS) is 16.3. The fourth-order valence-electron chi connectivity index (χ4n) is 3.16. The number of hydrogen-bond acceptors (Lipinski definition) is 5. The molecule has 1 unspecified atom stereocenters. The van der Waals surface area contributed by atoms with Gasteiger partial charge in [0.1, 0.15) is 5.82 Å². The number of nitrogens with zero attached hydrogens (tertiary/aromatic N) is 3. The summed E-state index contributed by atoms with van der Waals surface area (Å²) < 4.78 is 13.0. The summed E-state index contributed by atoms with van der Waals surface area (Å²) in [5.74, 6) is -0.236. The van der Waals surface area contributed by atoms with Crippen LogP contribution in [0.4, 0.5) is 10.2 Å². The van der Waals surface area contributed by atoms with E-state index in [4.69, 9.17) is 22.3 Å². The van der Waals surface area contributed by atoms with E-state index in [1.54, 1.807) is 6.20 Å². The van der Waals surface area contributed by atoms with E-state index < -0.39 is 11.7 Å². The lowest BCUT2D eigenvalue weighted by molar-refractivity contribution is -0.119. The first kappa shape index (κ1) is 20.2. The molecule has 1 atom stereocenters. The highest BCUT2D eigenvalue weighted by atomic mass is 35.5. The zero-order valence-corrected chi connectivity index (χ0v) is 16.5. The number of aromatic nitrogens is 2. The summed E-state index contributed by atoms with van der Waals surface area (Å²) in [6.07, 6.45) is 2.63. The molecule has 2 heterocycles. The van der Waals surface area contributed by atoms with Gasteiger partial charge in [-0.05, 0) is 37.4 Å². The summed E-state index contributed by atoms with van der Waals surface area (Å²) in [5.41, 5.74) is 8.29. The molecular formula is C20H23ClFN5O. The Labute approximate surface area is 168 Å². The number of anilines is 1. The Kier molecular flexibility index (Phi) is 6.26. The van der Waals surface area contributed by atoms with Gasteiger partial charge in [-0.2, -0.15) is 0 Å². The van der Waals surface area contributed by atoms with Gasteiger partial charge in [-0.15, -0.1) is 0 Å². The van der Waals surface area contributed by atoms with Crippen LogP contribution in [0.3, 0.4) is 0 Å². The van der Waals surface area contributed by atoms with Gasteiger partial charge >= 0.3 is 0 Å². The van der Waals surface area contributed by atoms with E-state index in [0.29, 0.717) is 34.7 Å². The van der Waals surface area contributed by atoms with E-state index in [0.717, 1.165) is 30.6 Å². The van der Waals surface area contributed by atoms with E-state index in [9.17, 15) is 9.18 Å². The summed E-state index contributed by atoms with van der Waals surface area (Å²) >= 11 is 6.24. The molecule has 1 fully saturated rings. The summed E-state index contributed by atoms with van der Waals surface area (Å²) in [6, 6.07) is 5.67. The molecule has 1 aromatic carbocycles. The number of halogens is 2. The van der Waals surface area contributed by atoms with Gasteiger partial charge in [0, 0.05) is 42.0 Å². The molecule has 8 heteroatoms. The van der Waals surface area contributed by atoms with Crippen LogP contribution in [0.1, 0.15) is 17.5 Å². The average Bonchev–Trinajstić information content (AvgIpc) is 3.17. The maximum absolute atomic E-state index is 13.0. The maximum atomic E-state index is 13.0. The number of benzene rings is 1. The van der Waals surface area contributed by atoms with Crippen molar-refractivity contribution in [1.29, 1.82) is 0 Å². The minimum atomic E-state index is -1.03. The predicted molar refractivity (Wildman–Crippen MR) is 109 cm³/mol. The van der Waals surface area contributed by atoms with Crippen molar-refractivity contribution in [3.05, 3.63) is 53.0 Å². The third-order valence-electron chi connectivity index (χ3n) is 4.88. The summed E-state index contributed by atoms with van der Waals surface area (Å²) in [4.78, 5) is 22.8. The molecule has 0 bridgehead atoms. The highest BCUT2D eigenvalue weighted by Crippen LogP contribution is 2.29. The zero-order valence-electron chi connectivity index (χ0n) is 15.7. The molecule has 0 saturated carbocycles. The minimum absolute atomic E-state index is 0.107. The first-order valence-electron chi connectivity index (χ1n) is 9.09. The van der Waals surface area contributed by atoms with Crippen LogP contribution in [0.25, 0.3) is 11.4 Å². The number of amides is 1. The van der Waals surface area contributed by atoms with Gasteiger partial charge < -0.3 is 16.0 Å². The highest BCUT2D eigenvalue weighted by molar-refractivity contribution is 6.31. The van der Waals surface area contributed by atoms with Crippen molar-refractivity contribution >= 4 is 23.3 Å². The van der Waals surface area contributed by atoms with Crippen LogP contribution >= 0.6 is 11.6 Å². The van der Waals surface area contributed by atoms with Crippen molar-refractivity contribution in [3.63, 3.8) is 0 Å². The zero-order chi connectivity index (χ0) is 20.3. The van der Waals surface area contributed by atoms with Gasteiger partial charge in [0.15, 0.2) is 11.7 Å². The van der Waals surface area contributed by atoms with Crippen LogP contribution in [0.5, 0.6) is 0 Å². The number of rotatable bonds is 6. The smallest absolute Gasteiger partial charge is 0.279 e. The Morgan fingerprint density at radius 2 is 2.29 bits per heavy atom. The minimum Gasteiger partial charge on any atom is -0.356 e. The third-order valence-corrected chi connectivity index (χ3v) is 5.28. The number of carbonyl (C=O) groups is 1. The molecule has 0 spiro atoms. The summed E-state index contributed by atoms with van der Waals surface area (Å²) in [6.45, 7) is 7.24. The van der Waals surface area contributed by atoms with Gasteiger partial charge in [0.25, 0.3) is 5.91 Å². The van der Waals surface area contributed by atoms with E-state index in [1.807, 2.05) is 25.1 Å². The van der Waals surface area contributed by atoms with Crippen molar-refractivity contribution in [2.45, 2.75) is 19.9 Å². The van der Waals surface area contributed by atoms with E-state index in [-0.39, 0.29) is 6.54 Å². The van der Waals surface area contributed by atoms with Crippen LogP contribution in [-0.2, 0) is 11.3 Å². The molecule has 1 amide bonds. The second-order valence-electron chi connectivity index (χ2n) is 6.93. The first-order chi connectivity index (χ1) is 13.4. The maximum Gasteiger partial charge on any atom is 0.279 e. The second kappa shape index (κ2) is 8.67. The number of aryl methyl sites for hydroxylation is 1. The number of nitrogens with two attached hydrogens (primary N) is 1. The van der Waals surface area contributed by atoms with Crippen LogP contribution in [0, 0.1) is 12.8 Å². The van der Waals surface area contributed by atoms with Gasteiger partial charge in [-0.25, -0.2) is 14.4 Å². The first-order valence-corrected chi connectivity index (χ1v) is 9.47. The van der Waals surface area contributed by atoms with Crippen molar-refractivity contribution in [2.75, 3.05) is 24.5 Å². The van der Waals surface area contributed by atoms with Gasteiger partial charge in [-0.3, -0.25) is 4.79 Å². The van der Waals surface area contributed by atoms with Crippen molar-refractivity contribution in [3.8, 4) is 11.4 Å². The molecule has 1 aliphatic rings. The Morgan fingerprint density at radius 1 is 1.50 bits per heavy atom. The molecule has 0 radical (unpaired) electrons. The molecule has 3 N–H and O–H groups in total. The predicted octanol–water partition coefficient (Wildman–Crippen LogP) is 2.99. The number of carbonyl (C=O) groups excluding carboxylic acids is 1. The number of hydrogen-bond donors (Lipinski definition) is 2. The van der Waals surface area contributed by atoms with Crippen molar-refractivity contribution in [2.24, 2.45) is 11.7 Å². The third kappa shape index (κ3) is 4.48. The van der Waals surface area contributed by atoms with Gasteiger partial charge in [-0.1, -0.05) is 30.3 Å². The molecule has 28 heavy (non-hydrogen) atoms. The quantitative estimate of drug-likeness (QED) is 0.724. The van der Waals surface area contributed by atoms with E-state index in [1.165, 1.54) is 0 Å². The van der Waals surface area contributed by atoms with Gasteiger partial charge in [0.05, 0.1) is 0 Å². The summed E-state index contributed by atoms with van der Waals surface area (Å²) in [5, 5.41) is 3.14. The SMILES string of the molecule is C=C(F)C(=O)NCc1cnc(-c2ccc(C)c(Cl)c2)nc1N1CCC(CN)C1. The molecule has 6 nitrogen and oxygen atoms in total. The topological polar surface area (TPSA) is 84.1 Å². The lowest BCUT2D eigenvalue weighted by Crippen LogP contribution is -2.28. The molecular weight excluding hydrogens is 381 g/mol. The lowest BCUT2D eigenvalue weighted by Gasteiger charge is -2.21. The van der Waals surface area contributed by atoms with Crippen molar-refractivity contribution in [1.82, 2.24) is 15.3 Å². The standard InChI is InChI=1S/C20H23ClFN5O/c1-12-3-4-15(7-17(12)21)18-24-9-16(10-25-20(28)13(2)22)19(26-18)27-6-5-14(8-23)11-27/h3-4,7,9,14H,2,5-6,8,10-11,23H2,1H3,(H,25,28).